The van der Waals surface area contributed by atoms with Crippen LogP contribution in [0.2, 0.25) is 0 Å². The van der Waals surface area contributed by atoms with Gasteiger partial charge in [-0.3, -0.25) is 14.6 Å². The second-order valence-corrected chi connectivity index (χ2v) is 15.2. The predicted molar refractivity (Wildman–Crippen MR) is 168 cm³/mol. The third-order valence-corrected chi connectivity index (χ3v) is 11.4. The molecule has 1 aromatic heterocycles. The van der Waals surface area contributed by atoms with E-state index >= 15 is 0 Å². The van der Waals surface area contributed by atoms with Gasteiger partial charge >= 0.3 is 0 Å². The average Bonchev–Trinajstić information content (AvgIpc) is 3.44. The van der Waals surface area contributed by atoms with Gasteiger partial charge in [0, 0.05) is 51.1 Å². The standard InChI is InChI=1S/C30H34N4O6S3/c1-3-33(22-23-8-5-4-6-9-23)43(38,39)25-14-12-24(13-15-25)29(35)34(17-16-32-18-20-40-21-19-32)30-31-28-26(41-30)10-7-11-27(28)42(2,36)37/h4-15H,3,16-22H2,1-2H3. The number of nitrogens with zero attached hydrogens (tertiary/aromatic N) is 4. The molecule has 1 fully saturated rings. The van der Waals surface area contributed by atoms with Crippen molar-refractivity contribution in [3.8, 4) is 0 Å². The zero-order chi connectivity index (χ0) is 30.6. The summed E-state index contributed by atoms with van der Waals surface area (Å²) in [5.74, 6) is -0.353. The van der Waals surface area contributed by atoms with Crippen molar-refractivity contribution >= 4 is 52.5 Å². The smallest absolute Gasteiger partial charge is 0.260 e. The van der Waals surface area contributed by atoms with Crippen LogP contribution in [-0.2, 0) is 31.1 Å². The number of ether oxygens (including phenoxy) is 1. The molecule has 0 unspecified atom stereocenters. The lowest BCUT2D eigenvalue weighted by molar-refractivity contribution is 0.0391. The van der Waals surface area contributed by atoms with E-state index in [0.29, 0.717) is 53.8 Å². The molecule has 0 bridgehead atoms. The number of carbonyl (C=O) groups excluding carboxylic acids is 1. The van der Waals surface area contributed by atoms with Crippen molar-refractivity contribution < 1.29 is 26.4 Å². The van der Waals surface area contributed by atoms with Gasteiger partial charge in [0.1, 0.15) is 5.52 Å². The lowest BCUT2D eigenvalue weighted by atomic mass is 10.2. The van der Waals surface area contributed by atoms with Crippen LogP contribution in [0.15, 0.2) is 82.6 Å². The normalized spacial score (nSPS) is 14.8. The average molecular weight is 643 g/mol. The summed E-state index contributed by atoms with van der Waals surface area (Å²) in [6.07, 6.45) is 1.14. The Kier molecular flexibility index (Phi) is 9.59. The van der Waals surface area contributed by atoms with Crippen LogP contribution < -0.4 is 4.90 Å². The second kappa shape index (κ2) is 13.2. The van der Waals surface area contributed by atoms with Crippen molar-refractivity contribution in [3.63, 3.8) is 0 Å². The monoisotopic (exact) mass is 642 g/mol. The Balaban J connectivity index is 1.44. The lowest BCUT2D eigenvalue weighted by Gasteiger charge is -2.29. The highest BCUT2D eigenvalue weighted by atomic mass is 32.2. The molecular weight excluding hydrogens is 609 g/mol. The molecule has 1 saturated heterocycles. The molecule has 228 valence electrons. The zero-order valence-electron chi connectivity index (χ0n) is 24.0. The highest BCUT2D eigenvalue weighted by Gasteiger charge is 2.27. The van der Waals surface area contributed by atoms with E-state index in [1.165, 1.54) is 46.0 Å². The molecule has 0 N–H and O–H groups in total. The fraction of sp³-hybridized carbons (Fsp3) is 0.333. The Hall–Kier alpha value is -3.20. The van der Waals surface area contributed by atoms with Gasteiger partial charge < -0.3 is 4.74 Å². The van der Waals surface area contributed by atoms with Gasteiger partial charge in [-0.2, -0.15) is 4.31 Å². The number of carbonyl (C=O) groups is 1. The first-order valence-corrected chi connectivity index (χ1v) is 18.1. The summed E-state index contributed by atoms with van der Waals surface area (Å²) in [5.41, 5.74) is 1.51. The van der Waals surface area contributed by atoms with Crippen LogP contribution >= 0.6 is 11.3 Å². The largest absolute Gasteiger partial charge is 0.379 e. The fourth-order valence-corrected chi connectivity index (χ4v) is 8.26. The molecule has 1 aliphatic heterocycles. The number of hydrogen-bond acceptors (Lipinski definition) is 9. The summed E-state index contributed by atoms with van der Waals surface area (Å²) < 4.78 is 59.2. The minimum atomic E-state index is -3.80. The number of sulfonamides is 1. The molecule has 43 heavy (non-hydrogen) atoms. The Labute approximate surface area is 256 Å². The van der Waals surface area contributed by atoms with E-state index in [1.807, 2.05) is 30.3 Å². The highest BCUT2D eigenvalue weighted by molar-refractivity contribution is 7.91. The SMILES string of the molecule is CCN(Cc1ccccc1)S(=O)(=O)c1ccc(C(=O)N(CCN2CCOCC2)c2nc3c(S(C)(=O)=O)cccc3s2)cc1. The maximum atomic E-state index is 13.9. The van der Waals surface area contributed by atoms with Crippen molar-refractivity contribution in [2.45, 2.75) is 23.3 Å². The fourth-order valence-electron chi connectivity index (χ4n) is 4.90. The van der Waals surface area contributed by atoms with E-state index in [9.17, 15) is 21.6 Å². The summed E-state index contributed by atoms with van der Waals surface area (Å²) in [6.45, 7) is 5.91. The van der Waals surface area contributed by atoms with Crippen molar-refractivity contribution in [2.75, 3.05) is 57.1 Å². The second-order valence-electron chi connectivity index (χ2n) is 10.2. The van der Waals surface area contributed by atoms with Gasteiger partial charge in [-0.25, -0.2) is 21.8 Å². The number of thiazole rings is 1. The summed E-state index contributed by atoms with van der Waals surface area (Å²) in [4.78, 5) is 22.5. The van der Waals surface area contributed by atoms with Gasteiger partial charge in [0.25, 0.3) is 5.91 Å². The first-order chi connectivity index (χ1) is 20.6. The van der Waals surface area contributed by atoms with E-state index in [0.717, 1.165) is 24.9 Å². The Morgan fingerprint density at radius 1 is 0.953 bits per heavy atom. The number of anilines is 1. The van der Waals surface area contributed by atoms with Crippen LogP contribution in [0.25, 0.3) is 10.2 Å². The number of rotatable bonds is 11. The number of aromatic nitrogens is 1. The number of fused-ring (bicyclic) bond motifs is 1. The van der Waals surface area contributed by atoms with Gasteiger partial charge in [-0.1, -0.05) is 54.7 Å². The third-order valence-electron chi connectivity index (χ3n) is 7.28. The molecule has 0 aliphatic carbocycles. The van der Waals surface area contributed by atoms with Crippen molar-refractivity contribution in [1.29, 1.82) is 0 Å². The van der Waals surface area contributed by atoms with E-state index < -0.39 is 19.9 Å². The van der Waals surface area contributed by atoms with E-state index in [1.54, 1.807) is 24.0 Å². The van der Waals surface area contributed by atoms with Gasteiger partial charge in [0.2, 0.25) is 10.0 Å². The van der Waals surface area contributed by atoms with Crippen LogP contribution in [-0.4, -0.2) is 89.1 Å². The molecular formula is C30H34N4O6S3. The zero-order valence-corrected chi connectivity index (χ0v) is 26.5. The first-order valence-electron chi connectivity index (χ1n) is 13.9. The molecule has 1 aliphatic rings. The number of amides is 1. The van der Waals surface area contributed by atoms with Crippen LogP contribution in [0.4, 0.5) is 5.13 Å². The van der Waals surface area contributed by atoms with Crippen LogP contribution in [0.5, 0.6) is 0 Å². The molecule has 1 amide bonds. The van der Waals surface area contributed by atoms with E-state index in [2.05, 4.69) is 9.88 Å². The molecule has 2 heterocycles. The molecule has 0 atom stereocenters. The Morgan fingerprint density at radius 2 is 1.65 bits per heavy atom. The Morgan fingerprint density at radius 3 is 2.30 bits per heavy atom. The molecule has 10 nitrogen and oxygen atoms in total. The Bertz CT molecular complexity index is 1790. The minimum absolute atomic E-state index is 0.0967. The molecule has 0 saturated carbocycles. The predicted octanol–water partition coefficient (Wildman–Crippen LogP) is 3.89. The summed E-state index contributed by atoms with van der Waals surface area (Å²) >= 11 is 1.24. The number of benzene rings is 3. The van der Waals surface area contributed by atoms with Crippen LogP contribution in [0.3, 0.4) is 0 Å². The minimum Gasteiger partial charge on any atom is -0.379 e. The number of morpholine rings is 1. The van der Waals surface area contributed by atoms with Crippen LogP contribution in [0.1, 0.15) is 22.8 Å². The van der Waals surface area contributed by atoms with Crippen molar-refractivity contribution in [1.82, 2.24) is 14.2 Å². The molecule has 0 spiro atoms. The number of hydrogen-bond donors (Lipinski definition) is 0. The van der Waals surface area contributed by atoms with Crippen LogP contribution in [0, 0.1) is 0 Å². The maximum Gasteiger partial charge on any atom is 0.260 e. The number of sulfone groups is 1. The van der Waals surface area contributed by atoms with Gasteiger partial charge in [-0.05, 0) is 42.0 Å². The maximum absolute atomic E-state index is 13.9. The van der Waals surface area contributed by atoms with E-state index in [4.69, 9.17) is 4.74 Å². The van der Waals surface area contributed by atoms with Gasteiger partial charge in [-0.15, -0.1) is 0 Å². The number of para-hydroxylation sites is 1. The lowest BCUT2D eigenvalue weighted by Crippen LogP contribution is -2.43. The quantitative estimate of drug-likeness (QED) is 0.242. The molecule has 0 radical (unpaired) electrons. The van der Waals surface area contributed by atoms with Crippen molar-refractivity contribution in [2.24, 2.45) is 0 Å². The highest BCUT2D eigenvalue weighted by Crippen LogP contribution is 2.33. The first kappa shape index (κ1) is 31.2. The molecule has 5 rings (SSSR count). The van der Waals surface area contributed by atoms with E-state index in [-0.39, 0.29) is 22.2 Å². The van der Waals surface area contributed by atoms with Crippen molar-refractivity contribution in [3.05, 3.63) is 83.9 Å². The molecule has 13 heteroatoms. The third kappa shape index (κ3) is 7.14. The summed E-state index contributed by atoms with van der Waals surface area (Å²) in [6, 6.07) is 20.3. The molecule has 4 aromatic rings. The van der Waals surface area contributed by atoms with Gasteiger partial charge in [0.05, 0.1) is 27.7 Å². The van der Waals surface area contributed by atoms with Gasteiger partial charge in [0.15, 0.2) is 15.0 Å². The summed E-state index contributed by atoms with van der Waals surface area (Å²) in [5, 5.41) is 0.376. The summed E-state index contributed by atoms with van der Waals surface area (Å²) in [7, 11) is -7.34. The molecule has 3 aromatic carbocycles. The topological polar surface area (TPSA) is 117 Å².